The maximum absolute atomic E-state index is 13.9. The van der Waals surface area contributed by atoms with Gasteiger partial charge in [0.1, 0.15) is 5.82 Å². The highest BCUT2D eigenvalue weighted by atomic mass is 19.1. The third kappa shape index (κ3) is 2.99. The van der Waals surface area contributed by atoms with Crippen LogP contribution in [-0.4, -0.2) is 6.54 Å². The van der Waals surface area contributed by atoms with E-state index in [2.05, 4.69) is 6.92 Å². The second-order valence-electron chi connectivity index (χ2n) is 4.80. The number of anilines is 2. The fourth-order valence-corrected chi connectivity index (χ4v) is 2.30. The van der Waals surface area contributed by atoms with Crippen LogP contribution in [0.15, 0.2) is 48.5 Å². The van der Waals surface area contributed by atoms with Crippen molar-refractivity contribution in [3.63, 3.8) is 0 Å². The Hall–Kier alpha value is -1.87. The van der Waals surface area contributed by atoms with Crippen LogP contribution in [0.5, 0.6) is 0 Å². The van der Waals surface area contributed by atoms with Crippen LogP contribution in [0.3, 0.4) is 0 Å². The molecule has 0 unspecified atom stereocenters. The van der Waals surface area contributed by atoms with Gasteiger partial charge in [0.15, 0.2) is 0 Å². The molecule has 0 spiro atoms. The summed E-state index contributed by atoms with van der Waals surface area (Å²) in [6.07, 6.45) is 0.907. The summed E-state index contributed by atoms with van der Waals surface area (Å²) < 4.78 is 13.9. The smallest absolute Gasteiger partial charge is 0.146 e. The molecule has 0 radical (unpaired) electrons. The van der Waals surface area contributed by atoms with Crippen molar-refractivity contribution < 1.29 is 4.39 Å². The molecule has 2 aromatic rings. The Balaban J connectivity index is 2.31. The first-order chi connectivity index (χ1) is 9.67. The van der Waals surface area contributed by atoms with Crippen molar-refractivity contribution in [3.05, 3.63) is 59.9 Å². The van der Waals surface area contributed by atoms with Crippen molar-refractivity contribution in [2.45, 2.75) is 26.3 Å². The molecule has 0 aliphatic heterocycles. The van der Waals surface area contributed by atoms with E-state index < -0.39 is 0 Å². The van der Waals surface area contributed by atoms with Crippen molar-refractivity contribution in [2.75, 3.05) is 11.4 Å². The molecule has 106 valence electrons. The summed E-state index contributed by atoms with van der Waals surface area (Å²) in [5.41, 5.74) is 8.70. The summed E-state index contributed by atoms with van der Waals surface area (Å²) in [5.74, 6) is -0.205. The van der Waals surface area contributed by atoms with Gasteiger partial charge in [0.2, 0.25) is 0 Å². The van der Waals surface area contributed by atoms with Crippen LogP contribution < -0.4 is 10.6 Å². The molecule has 0 aliphatic rings. The lowest BCUT2D eigenvalue weighted by atomic mass is 10.0. The Morgan fingerprint density at radius 2 is 1.70 bits per heavy atom. The zero-order valence-electron chi connectivity index (χ0n) is 12.0. The van der Waals surface area contributed by atoms with E-state index in [0.717, 1.165) is 17.7 Å². The highest BCUT2D eigenvalue weighted by Crippen LogP contribution is 2.28. The molecule has 0 aromatic heterocycles. The lowest BCUT2D eigenvalue weighted by Gasteiger charge is -2.24. The van der Waals surface area contributed by atoms with Gasteiger partial charge in [0, 0.05) is 18.3 Å². The summed E-state index contributed by atoms with van der Waals surface area (Å²) in [5, 5.41) is 0. The van der Waals surface area contributed by atoms with E-state index in [0.29, 0.717) is 12.2 Å². The second kappa shape index (κ2) is 6.53. The van der Waals surface area contributed by atoms with E-state index in [1.807, 2.05) is 42.2 Å². The Morgan fingerprint density at radius 1 is 1.05 bits per heavy atom. The standard InChI is InChI=1S/C17H21FN2/c1-3-16(19)13-9-11-14(12-10-13)20(4-2)17-8-6-5-7-15(17)18/h5-12,16H,3-4,19H2,1-2H3/t16-/m0/s1. The molecule has 2 rings (SSSR count). The zero-order valence-corrected chi connectivity index (χ0v) is 12.0. The van der Waals surface area contributed by atoms with Gasteiger partial charge >= 0.3 is 0 Å². The zero-order chi connectivity index (χ0) is 14.5. The van der Waals surface area contributed by atoms with Gasteiger partial charge in [-0.2, -0.15) is 0 Å². The summed E-state index contributed by atoms with van der Waals surface area (Å²) >= 11 is 0. The molecule has 0 fully saturated rings. The predicted molar refractivity (Wildman–Crippen MR) is 82.7 cm³/mol. The minimum absolute atomic E-state index is 0.0626. The second-order valence-corrected chi connectivity index (χ2v) is 4.80. The van der Waals surface area contributed by atoms with Crippen LogP contribution in [-0.2, 0) is 0 Å². The molecule has 1 atom stereocenters. The molecule has 0 bridgehead atoms. The molecule has 3 heteroatoms. The number of hydrogen-bond donors (Lipinski definition) is 1. The van der Waals surface area contributed by atoms with Crippen molar-refractivity contribution in [1.29, 1.82) is 0 Å². The number of hydrogen-bond acceptors (Lipinski definition) is 2. The normalized spacial score (nSPS) is 12.2. The Bertz CT molecular complexity index is 551. The van der Waals surface area contributed by atoms with Gasteiger partial charge in [-0.15, -0.1) is 0 Å². The summed E-state index contributed by atoms with van der Waals surface area (Å²) in [4.78, 5) is 1.95. The fourth-order valence-electron chi connectivity index (χ4n) is 2.30. The van der Waals surface area contributed by atoms with Gasteiger partial charge in [-0.3, -0.25) is 0 Å². The summed E-state index contributed by atoms with van der Waals surface area (Å²) in [6, 6.07) is 14.9. The van der Waals surface area contributed by atoms with Crippen LogP contribution in [0.1, 0.15) is 31.9 Å². The quantitative estimate of drug-likeness (QED) is 0.874. The van der Waals surface area contributed by atoms with Crippen LogP contribution in [0.4, 0.5) is 15.8 Å². The summed E-state index contributed by atoms with van der Waals surface area (Å²) in [7, 11) is 0. The number of nitrogens with two attached hydrogens (primary N) is 1. The van der Waals surface area contributed by atoms with Crippen LogP contribution in [0.25, 0.3) is 0 Å². The molecule has 0 amide bonds. The first-order valence-electron chi connectivity index (χ1n) is 7.05. The molecule has 0 saturated carbocycles. The number of nitrogens with zero attached hydrogens (tertiary/aromatic N) is 1. The van der Waals surface area contributed by atoms with Gasteiger partial charge in [-0.1, -0.05) is 31.2 Å². The van der Waals surface area contributed by atoms with E-state index in [1.165, 1.54) is 6.07 Å². The highest BCUT2D eigenvalue weighted by Gasteiger charge is 2.12. The lowest BCUT2D eigenvalue weighted by Crippen LogP contribution is -2.17. The van der Waals surface area contributed by atoms with Gasteiger partial charge in [0.25, 0.3) is 0 Å². The van der Waals surface area contributed by atoms with E-state index in [1.54, 1.807) is 12.1 Å². The minimum atomic E-state index is -0.205. The largest absolute Gasteiger partial charge is 0.339 e. The van der Waals surface area contributed by atoms with Gasteiger partial charge in [-0.25, -0.2) is 4.39 Å². The average Bonchev–Trinajstić information content (AvgIpc) is 2.50. The molecule has 0 aliphatic carbocycles. The number of benzene rings is 2. The molecule has 20 heavy (non-hydrogen) atoms. The predicted octanol–water partition coefficient (Wildman–Crippen LogP) is 4.39. The number of halogens is 1. The van der Waals surface area contributed by atoms with E-state index in [4.69, 9.17) is 5.73 Å². The average molecular weight is 272 g/mol. The first kappa shape index (κ1) is 14.5. The van der Waals surface area contributed by atoms with Gasteiger partial charge in [0.05, 0.1) is 5.69 Å². The molecule has 2 aromatic carbocycles. The third-order valence-corrected chi connectivity index (χ3v) is 3.53. The van der Waals surface area contributed by atoms with Crippen LogP contribution in [0, 0.1) is 5.82 Å². The lowest BCUT2D eigenvalue weighted by molar-refractivity contribution is 0.625. The van der Waals surface area contributed by atoms with Crippen LogP contribution in [0.2, 0.25) is 0 Å². The maximum atomic E-state index is 13.9. The van der Waals surface area contributed by atoms with Crippen molar-refractivity contribution in [3.8, 4) is 0 Å². The van der Waals surface area contributed by atoms with Crippen LogP contribution >= 0.6 is 0 Å². The Labute approximate surface area is 120 Å². The topological polar surface area (TPSA) is 29.3 Å². The number of para-hydroxylation sites is 1. The third-order valence-electron chi connectivity index (χ3n) is 3.53. The maximum Gasteiger partial charge on any atom is 0.146 e. The monoisotopic (exact) mass is 272 g/mol. The highest BCUT2D eigenvalue weighted by molar-refractivity contribution is 5.63. The fraction of sp³-hybridized carbons (Fsp3) is 0.294. The van der Waals surface area contributed by atoms with Crippen molar-refractivity contribution in [2.24, 2.45) is 5.73 Å². The molecule has 2 N–H and O–H groups in total. The van der Waals surface area contributed by atoms with Crippen molar-refractivity contribution in [1.82, 2.24) is 0 Å². The van der Waals surface area contributed by atoms with E-state index in [9.17, 15) is 4.39 Å². The molecule has 2 nitrogen and oxygen atoms in total. The molecular formula is C17H21FN2. The molecular weight excluding hydrogens is 251 g/mol. The van der Waals surface area contributed by atoms with Gasteiger partial charge in [-0.05, 0) is 43.2 Å². The molecule has 0 heterocycles. The van der Waals surface area contributed by atoms with E-state index in [-0.39, 0.29) is 11.9 Å². The Morgan fingerprint density at radius 3 is 2.25 bits per heavy atom. The first-order valence-corrected chi connectivity index (χ1v) is 7.05. The van der Waals surface area contributed by atoms with Crippen molar-refractivity contribution >= 4 is 11.4 Å². The summed E-state index contributed by atoms with van der Waals surface area (Å²) in [6.45, 7) is 4.79. The SMILES string of the molecule is CC[C@H](N)c1ccc(N(CC)c2ccccc2F)cc1. The molecule has 0 saturated heterocycles. The van der Waals surface area contributed by atoms with Gasteiger partial charge < -0.3 is 10.6 Å². The Kier molecular flexibility index (Phi) is 4.74. The number of rotatable bonds is 5. The van der Waals surface area contributed by atoms with E-state index >= 15 is 0 Å². The minimum Gasteiger partial charge on any atom is -0.339 e.